The third-order valence-corrected chi connectivity index (χ3v) is 3.73. The first-order valence-electron chi connectivity index (χ1n) is 4.85. The zero-order valence-electron chi connectivity index (χ0n) is 8.48. The SMILES string of the molecule is [N-]=[N+]=NCCNC1(C(N)=O)CCCSC1. The van der Waals surface area contributed by atoms with Crippen LogP contribution in [0.4, 0.5) is 0 Å². The number of nitrogens with two attached hydrogens (primary N) is 1. The summed E-state index contributed by atoms with van der Waals surface area (Å²) in [7, 11) is 0. The zero-order valence-corrected chi connectivity index (χ0v) is 9.29. The quantitative estimate of drug-likeness (QED) is 0.313. The molecule has 0 spiro atoms. The van der Waals surface area contributed by atoms with Crippen molar-refractivity contribution in [3.63, 3.8) is 0 Å². The number of azide groups is 1. The minimum Gasteiger partial charge on any atom is -0.368 e. The van der Waals surface area contributed by atoms with Crippen LogP contribution in [0.15, 0.2) is 5.11 Å². The van der Waals surface area contributed by atoms with Gasteiger partial charge in [0, 0.05) is 23.8 Å². The molecule has 0 bridgehead atoms. The zero-order chi connectivity index (χ0) is 11.1. The lowest BCUT2D eigenvalue weighted by Crippen LogP contribution is -2.59. The van der Waals surface area contributed by atoms with E-state index in [-0.39, 0.29) is 5.91 Å². The highest BCUT2D eigenvalue weighted by molar-refractivity contribution is 7.99. The Morgan fingerprint density at radius 3 is 3.07 bits per heavy atom. The number of rotatable bonds is 5. The molecule has 0 aromatic heterocycles. The fraction of sp³-hybridized carbons (Fsp3) is 0.875. The van der Waals surface area contributed by atoms with Gasteiger partial charge in [-0.25, -0.2) is 0 Å². The lowest BCUT2D eigenvalue weighted by Gasteiger charge is -2.34. The second-order valence-electron chi connectivity index (χ2n) is 3.48. The van der Waals surface area contributed by atoms with E-state index in [1.54, 1.807) is 11.8 Å². The maximum absolute atomic E-state index is 11.4. The molecule has 15 heavy (non-hydrogen) atoms. The van der Waals surface area contributed by atoms with E-state index in [1.807, 2.05) is 0 Å². The van der Waals surface area contributed by atoms with Crippen LogP contribution in [0.5, 0.6) is 0 Å². The molecule has 7 heteroatoms. The third kappa shape index (κ3) is 3.30. The number of carbonyl (C=O) groups is 1. The van der Waals surface area contributed by atoms with E-state index in [4.69, 9.17) is 11.3 Å². The summed E-state index contributed by atoms with van der Waals surface area (Å²) < 4.78 is 0. The number of nitrogens with one attached hydrogen (secondary N) is 1. The molecule has 0 aromatic carbocycles. The molecule has 1 heterocycles. The molecule has 0 saturated carbocycles. The Morgan fingerprint density at radius 1 is 1.73 bits per heavy atom. The lowest BCUT2D eigenvalue weighted by molar-refractivity contribution is -0.123. The summed E-state index contributed by atoms with van der Waals surface area (Å²) in [6, 6.07) is 0. The number of primary amides is 1. The Labute approximate surface area is 92.6 Å². The van der Waals surface area contributed by atoms with Crippen LogP contribution in [-0.4, -0.2) is 36.0 Å². The first-order valence-corrected chi connectivity index (χ1v) is 6.00. The van der Waals surface area contributed by atoms with Crippen molar-refractivity contribution in [1.82, 2.24) is 5.32 Å². The van der Waals surface area contributed by atoms with Gasteiger partial charge in [0.2, 0.25) is 5.91 Å². The lowest BCUT2D eigenvalue weighted by atomic mass is 9.94. The summed E-state index contributed by atoms with van der Waals surface area (Å²) in [4.78, 5) is 14.0. The van der Waals surface area contributed by atoms with Gasteiger partial charge in [0.05, 0.1) is 0 Å². The molecule has 0 aliphatic carbocycles. The van der Waals surface area contributed by atoms with Gasteiger partial charge in [0.15, 0.2) is 0 Å². The molecule has 3 N–H and O–H groups in total. The van der Waals surface area contributed by atoms with Crippen molar-refractivity contribution in [2.75, 3.05) is 24.6 Å². The second-order valence-corrected chi connectivity index (χ2v) is 4.59. The molecule has 1 saturated heterocycles. The van der Waals surface area contributed by atoms with Crippen LogP contribution in [0.2, 0.25) is 0 Å². The van der Waals surface area contributed by atoms with Crippen molar-refractivity contribution < 1.29 is 4.79 Å². The highest BCUT2D eigenvalue weighted by Crippen LogP contribution is 2.26. The minimum atomic E-state index is -0.603. The summed E-state index contributed by atoms with van der Waals surface area (Å²) in [5.41, 5.74) is 12.9. The van der Waals surface area contributed by atoms with Gasteiger partial charge in [-0.2, -0.15) is 11.8 Å². The Bertz CT molecular complexity index is 270. The monoisotopic (exact) mass is 229 g/mol. The van der Waals surface area contributed by atoms with Gasteiger partial charge in [0.1, 0.15) is 5.54 Å². The van der Waals surface area contributed by atoms with Crippen LogP contribution in [0.3, 0.4) is 0 Å². The number of nitrogens with zero attached hydrogens (tertiary/aromatic N) is 3. The van der Waals surface area contributed by atoms with Crippen LogP contribution in [0.25, 0.3) is 10.4 Å². The maximum Gasteiger partial charge on any atom is 0.238 e. The third-order valence-electron chi connectivity index (χ3n) is 2.45. The molecular formula is C8H15N5OS. The van der Waals surface area contributed by atoms with Gasteiger partial charge < -0.3 is 11.1 Å². The number of carbonyl (C=O) groups excluding carboxylic acids is 1. The van der Waals surface area contributed by atoms with Crippen molar-refractivity contribution in [2.45, 2.75) is 18.4 Å². The topological polar surface area (TPSA) is 104 Å². The fourth-order valence-corrected chi connectivity index (χ4v) is 2.84. The van der Waals surface area contributed by atoms with Crippen molar-refractivity contribution in [3.05, 3.63) is 10.4 Å². The molecule has 1 fully saturated rings. The minimum absolute atomic E-state index is 0.310. The van der Waals surface area contributed by atoms with Gasteiger partial charge in [-0.1, -0.05) is 5.11 Å². The first kappa shape index (κ1) is 12.2. The molecular weight excluding hydrogens is 214 g/mol. The van der Waals surface area contributed by atoms with Gasteiger partial charge in [-0.3, -0.25) is 4.79 Å². The average molecular weight is 229 g/mol. The second kappa shape index (κ2) is 5.85. The van der Waals surface area contributed by atoms with Crippen molar-refractivity contribution in [1.29, 1.82) is 0 Å². The van der Waals surface area contributed by atoms with Gasteiger partial charge in [0.25, 0.3) is 0 Å². The van der Waals surface area contributed by atoms with E-state index in [9.17, 15) is 4.79 Å². The molecule has 84 valence electrons. The predicted molar refractivity (Wildman–Crippen MR) is 60.5 cm³/mol. The van der Waals surface area contributed by atoms with Gasteiger partial charge >= 0.3 is 0 Å². The van der Waals surface area contributed by atoms with E-state index >= 15 is 0 Å². The summed E-state index contributed by atoms with van der Waals surface area (Å²) in [5.74, 6) is 1.47. The van der Waals surface area contributed by atoms with Gasteiger partial charge in [-0.15, -0.1) is 0 Å². The van der Waals surface area contributed by atoms with Crippen LogP contribution < -0.4 is 11.1 Å². The smallest absolute Gasteiger partial charge is 0.238 e. The van der Waals surface area contributed by atoms with Gasteiger partial charge in [-0.05, 0) is 24.1 Å². The Hall–Kier alpha value is -0.910. The van der Waals surface area contributed by atoms with Crippen LogP contribution in [0, 0.1) is 0 Å². The number of thioether (sulfide) groups is 1. The van der Waals surface area contributed by atoms with Crippen molar-refractivity contribution in [3.8, 4) is 0 Å². The van der Waals surface area contributed by atoms with E-state index in [2.05, 4.69) is 15.3 Å². The summed E-state index contributed by atoms with van der Waals surface area (Å²) in [6.07, 6.45) is 1.76. The van der Waals surface area contributed by atoms with E-state index in [0.29, 0.717) is 18.8 Å². The van der Waals surface area contributed by atoms with E-state index in [0.717, 1.165) is 18.6 Å². The maximum atomic E-state index is 11.4. The standard InChI is InChI=1S/C8H15N5OS/c9-7(14)8(2-1-5-15-6-8)11-3-4-12-13-10/h11H,1-6H2,(H2,9,14). The molecule has 1 aliphatic rings. The molecule has 0 radical (unpaired) electrons. The highest BCUT2D eigenvalue weighted by atomic mass is 32.2. The fourth-order valence-electron chi connectivity index (χ4n) is 1.61. The molecule has 6 nitrogen and oxygen atoms in total. The molecule has 1 rings (SSSR count). The van der Waals surface area contributed by atoms with Crippen LogP contribution in [0.1, 0.15) is 12.8 Å². The Morgan fingerprint density at radius 2 is 2.53 bits per heavy atom. The number of amides is 1. The molecule has 1 atom stereocenters. The van der Waals surface area contributed by atoms with Crippen LogP contribution >= 0.6 is 11.8 Å². The summed E-state index contributed by atoms with van der Waals surface area (Å²) in [6.45, 7) is 0.837. The molecule has 1 unspecified atom stereocenters. The number of hydrogen-bond donors (Lipinski definition) is 2. The van der Waals surface area contributed by atoms with E-state index in [1.165, 1.54) is 0 Å². The molecule has 1 aliphatic heterocycles. The highest BCUT2D eigenvalue weighted by Gasteiger charge is 2.37. The molecule has 0 aromatic rings. The largest absolute Gasteiger partial charge is 0.368 e. The van der Waals surface area contributed by atoms with Crippen LogP contribution in [-0.2, 0) is 4.79 Å². The predicted octanol–water partition coefficient (Wildman–Crippen LogP) is 0.637. The van der Waals surface area contributed by atoms with Crippen molar-refractivity contribution >= 4 is 17.7 Å². The first-order chi connectivity index (χ1) is 7.21. The Kier molecular flexibility index (Phi) is 4.74. The summed E-state index contributed by atoms with van der Waals surface area (Å²) >= 11 is 1.73. The van der Waals surface area contributed by atoms with Crippen molar-refractivity contribution in [2.24, 2.45) is 10.8 Å². The molecule has 1 amide bonds. The normalized spacial score (nSPS) is 25.6. The average Bonchev–Trinajstić information content (AvgIpc) is 2.26. The summed E-state index contributed by atoms with van der Waals surface area (Å²) in [5, 5.41) is 6.51. The number of hydrogen-bond acceptors (Lipinski definition) is 4. The van der Waals surface area contributed by atoms with E-state index < -0.39 is 5.54 Å². The Balaban J connectivity index is 2.49.